The Kier molecular flexibility index (Phi) is 6.52. The maximum atomic E-state index is 13.2. The number of ether oxygens (including phenoxy) is 1. The number of amides is 1. The summed E-state index contributed by atoms with van der Waals surface area (Å²) >= 11 is 6.02. The number of hydrogen-bond acceptors (Lipinski definition) is 5. The number of anilines is 1. The third kappa shape index (κ3) is 4.72. The Morgan fingerprint density at radius 3 is 2.41 bits per heavy atom. The fourth-order valence-corrected chi connectivity index (χ4v) is 3.91. The van der Waals surface area contributed by atoms with Gasteiger partial charge >= 0.3 is 0 Å². The van der Waals surface area contributed by atoms with Crippen LogP contribution in [0.25, 0.3) is 10.8 Å². The summed E-state index contributed by atoms with van der Waals surface area (Å²) in [6.45, 7) is 5.92. The smallest absolute Gasteiger partial charge is 0.259 e. The topological polar surface area (TPSA) is 83.3 Å². The standard InChI is InChI=1S/C27H24ClN3O3/c1-15-6-9-22(17(3)11-15)30-31-25-20-8-5-16(2)12-18(20)13-21(26(25)32)27(33)29-23-10-7-19(28)14-24(23)34-4/h5-14,32H,1-4H3,(H,29,33). The lowest BCUT2D eigenvalue weighted by atomic mass is 10.0. The van der Waals surface area contributed by atoms with Gasteiger partial charge in [0.25, 0.3) is 5.91 Å². The van der Waals surface area contributed by atoms with Gasteiger partial charge in [0.1, 0.15) is 11.4 Å². The minimum atomic E-state index is -0.510. The van der Waals surface area contributed by atoms with Gasteiger partial charge in [-0.2, -0.15) is 5.11 Å². The van der Waals surface area contributed by atoms with E-state index in [9.17, 15) is 9.90 Å². The van der Waals surface area contributed by atoms with Gasteiger partial charge in [0.05, 0.1) is 24.0 Å². The third-order valence-corrected chi connectivity index (χ3v) is 5.74. The summed E-state index contributed by atoms with van der Waals surface area (Å²) in [6.07, 6.45) is 0. The van der Waals surface area contributed by atoms with Crippen molar-refractivity contribution >= 4 is 45.3 Å². The largest absolute Gasteiger partial charge is 0.505 e. The van der Waals surface area contributed by atoms with Crippen molar-refractivity contribution in [2.75, 3.05) is 12.4 Å². The molecular formula is C27H24ClN3O3. The van der Waals surface area contributed by atoms with E-state index >= 15 is 0 Å². The highest BCUT2D eigenvalue weighted by atomic mass is 35.5. The van der Waals surface area contributed by atoms with E-state index in [2.05, 4.69) is 15.5 Å². The van der Waals surface area contributed by atoms with Crippen LogP contribution in [0.5, 0.6) is 11.5 Å². The summed E-state index contributed by atoms with van der Waals surface area (Å²) in [5.41, 5.74) is 4.52. The molecule has 0 aliphatic rings. The van der Waals surface area contributed by atoms with Crippen molar-refractivity contribution < 1.29 is 14.6 Å². The van der Waals surface area contributed by atoms with Gasteiger partial charge in [0.15, 0.2) is 5.75 Å². The Balaban J connectivity index is 1.81. The summed E-state index contributed by atoms with van der Waals surface area (Å²) in [6, 6.07) is 18.1. The summed E-state index contributed by atoms with van der Waals surface area (Å²) in [4.78, 5) is 13.2. The molecule has 0 aliphatic heterocycles. The number of carbonyl (C=O) groups is 1. The molecule has 1 amide bonds. The molecule has 0 radical (unpaired) electrons. The Labute approximate surface area is 202 Å². The minimum absolute atomic E-state index is 0.0738. The van der Waals surface area contributed by atoms with E-state index in [0.717, 1.165) is 22.1 Å². The van der Waals surface area contributed by atoms with E-state index in [0.29, 0.717) is 27.5 Å². The highest BCUT2D eigenvalue weighted by molar-refractivity contribution is 6.30. The lowest BCUT2D eigenvalue weighted by Crippen LogP contribution is -2.13. The third-order valence-electron chi connectivity index (χ3n) is 5.51. The number of hydrogen-bond donors (Lipinski definition) is 2. The van der Waals surface area contributed by atoms with E-state index in [4.69, 9.17) is 16.3 Å². The number of azo groups is 1. The maximum Gasteiger partial charge on any atom is 0.259 e. The van der Waals surface area contributed by atoms with Crippen molar-refractivity contribution in [3.8, 4) is 11.5 Å². The zero-order valence-electron chi connectivity index (χ0n) is 19.3. The number of nitrogens with zero attached hydrogens (tertiary/aromatic N) is 2. The number of fused-ring (bicyclic) bond motifs is 1. The van der Waals surface area contributed by atoms with Crippen molar-refractivity contribution in [1.29, 1.82) is 0 Å². The van der Waals surface area contributed by atoms with Gasteiger partial charge in [0, 0.05) is 16.5 Å². The van der Waals surface area contributed by atoms with Crippen LogP contribution < -0.4 is 10.1 Å². The zero-order valence-corrected chi connectivity index (χ0v) is 20.1. The number of nitrogens with one attached hydrogen (secondary N) is 1. The fraction of sp³-hybridized carbons (Fsp3) is 0.148. The number of aryl methyl sites for hydroxylation is 3. The van der Waals surface area contributed by atoms with Gasteiger partial charge in [-0.3, -0.25) is 4.79 Å². The molecule has 0 saturated heterocycles. The molecule has 172 valence electrons. The highest BCUT2D eigenvalue weighted by Crippen LogP contribution is 2.40. The Hall–Kier alpha value is -3.90. The molecule has 0 aliphatic carbocycles. The molecule has 4 aromatic rings. The van der Waals surface area contributed by atoms with Crippen LogP contribution in [0.2, 0.25) is 5.02 Å². The van der Waals surface area contributed by atoms with E-state index in [-0.39, 0.29) is 17.0 Å². The molecular weight excluding hydrogens is 450 g/mol. The number of methoxy groups -OCH3 is 1. The quantitative estimate of drug-likeness (QED) is 0.290. The van der Waals surface area contributed by atoms with Crippen molar-refractivity contribution in [2.24, 2.45) is 10.2 Å². The second-order valence-electron chi connectivity index (χ2n) is 8.13. The first-order chi connectivity index (χ1) is 16.3. The SMILES string of the molecule is COc1cc(Cl)ccc1NC(=O)c1cc2cc(C)ccc2c(N=Nc2ccc(C)cc2C)c1O. The molecule has 7 heteroatoms. The average Bonchev–Trinajstić information content (AvgIpc) is 2.80. The van der Waals surface area contributed by atoms with Crippen LogP contribution in [0.1, 0.15) is 27.0 Å². The first kappa shape index (κ1) is 23.3. The fourth-order valence-electron chi connectivity index (χ4n) is 3.75. The van der Waals surface area contributed by atoms with Crippen molar-refractivity contribution in [3.63, 3.8) is 0 Å². The molecule has 34 heavy (non-hydrogen) atoms. The van der Waals surface area contributed by atoms with Crippen molar-refractivity contribution in [1.82, 2.24) is 0 Å². The van der Waals surface area contributed by atoms with Crippen molar-refractivity contribution in [2.45, 2.75) is 20.8 Å². The van der Waals surface area contributed by atoms with Gasteiger partial charge in [-0.1, -0.05) is 53.1 Å². The number of rotatable bonds is 5. The number of aromatic hydroxyl groups is 1. The van der Waals surface area contributed by atoms with Crippen LogP contribution in [0.15, 0.2) is 70.9 Å². The van der Waals surface area contributed by atoms with Gasteiger partial charge in [-0.05, 0) is 56.0 Å². The van der Waals surface area contributed by atoms with Gasteiger partial charge < -0.3 is 15.2 Å². The average molecular weight is 474 g/mol. The molecule has 0 saturated carbocycles. The van der Waals surface area contributed by atoms with Crippen LogP contribution in [-0.2, 0) is 0 Å². The Morgan fingerprint density at radius 2 is 1.68 bits per heavy atom. The summed E-state index contributed by atoms with van der Waals surface area (Å²) < 4.78 is 5.31. The minimum Gasteiger partial charge on any atom is -0.505 e. The number of benzene rings is 4. The first-order valence-electron chi connectivity index (χ1n) is 10.7. The number of carbonyl (C=O) groups excluding carboxylic acids is 1. The molecule has 4 rings (SSSR count). The number of halogens is 1. The molecule has 0 heterocycles. The van der Waals surface area contributed by atoms with E-state index in [1.807, 2.05) is 57.2 Å². The summed E-state index contributed by atoms with van der Waals surface area (Å²) in [5, 5.41) is 24.6. The maximum absolute atomic E-state index is 13.2. The predicted molar refractivity (Wildman–Crippen MR) is 136 cm³/mol. The second-order valence-corrected chi connectivity index (χ2v) is 8.57. The van der Waals surface area contributed by atoms with Crippen LogP contribution in [0.3, 0.4) is 0 Å². The molecule has 0 spiro atoms. The van der Waals surface area contributed by atoms with Gasteiger partial charge in [-0.15, -0.1) is 5.11 Å². The normalized spacial score (nSPS) is 11.2. The van der Waals surface area contributed by atoms with Gasteiger partial charge in [-0.25, -0.2) is 0 Å². The lowest BCUT2D eigenvalue weighted by molar-refractivity contribution is 0.102. The van der Waals surface area contributed by atoms with E-state index in [1.54, 1.807) is 24.3 Å². The van der Waals surface area contributed by atoms with E-state index in [1.165, 1.54) is 7.11 Å². The van der Waals surface area contributed by atoms with E-state index < -0.39 is 5.91 Å². The van der Waals surface area contributed by atoms with Crippen LogP contribution >= 0.6 is 11.6 Å². The monoisotopic (exact) mass is 473 g/mol. The van der Waals surface area contributed by atoms with Crippen LogP contribution in [-0.4, -0.2) is 18.1 Å². The summed E-state index contributed by atoms with van der Waals surface area (Å²) in [5.74, 6) is -0.355. The van der Waals surface area contributed by atoms with Crippen LogP contribution in [0, 0.1) is 20.8 Å². The number of phenolic OH excluding ortho intramolecular Hbond substituents is 1. The first-order valence-corrected chi connectivity index (χ1v) is 11.0. The molecule has 4 aromatic carbocycles. The summed E-state index contributed by atoms with van der Waals surface area (Å²) in [7, 11) is 1.49. The Bertz CT molecular complexity index is 1450. The predicted octanol–water partition coefficient (Wildman–Crippen LogP) is 7.80. The lowest BCUT2D eigenvalue weighted by Gasteiger charge is -2.13. The molecule has 0 aromatic heterocycles. The molecule has 0 atom stereocenters. The highest BCUT2D eigenvalue weighted by Gasteiger charge is 2.20. The number of phenols is 1. The molecule has 0 fully saturated rings. The molecule has 0 unspecified atom stereocenters. The van der Waals surface area contributed by atoms with Gasteiger partial charge in [0.2, 0.25) is 0 Å². The molecule has 0 bridgehead atoms. The second kappa shape index (κ2) is 9.53. The Morgan fingerprint density at radius 1 is 0.941 bits per heavy atom. The van der Waals surface area contributed by atoms with Crippen molar-refractivity contribution in [3.05, 3.63) is 87.9 Å². The molecule has 6 nitrogen and oxygen atoms in total. The van der Waals surface area contributed by atoms with Crippen LogP contribution in [0.4, 0.5) is 17.1 Å². The zero-order chi connectivity index (χ0) is 24.4. The molecule has 2 N–H and O–H groups in total.